The standard InChI is InChI=1S/C44H59ClN4O14S/c1-24-12-11-13-31(59-10)44(57)22-30(60-41(56)46-44)25(2)39-43(6,62-39)32(21-36(53)48(8)28-19-27(18-24)20-29(58-9)38(28)45)61-40(55)26(3)47(7)33(50)16-17-42(4,5)64-23-37(54)63-49-34(51)14-15-35(49)52/h11-13,19-20,25-26,30-32,39,57H,14-18,21-23H2,1-10H3,(H,46,56)/b13-11+,24-12+/t25-,26+,30+,31-,32+,39+,43+,44+/m1/s1. The van der Waals surface area contributed by atoms with Crippen LogP contribution in [0.4, 0.5) is 10.5 Å². The number of allylic oxidation sites excluding steroid dienone is 3. The van der Waals surface area contributed by atoms with Crippen molar-refractivity contribution < 1.29 is 67.2 Å². The van der Waals surface area contributed by atoms with E-state index >= 15 is 0 Å². The van der Waals surface area contributed by atoms with Gasteiger partial charge in [0.25, 0.3) is 11.8 Å². The van der Waals surface area contributed by atoms with E-state index in [4.69, 9.17) is 40.1 Å². The van der Waals surface area contributed by atoms with Gasteiger partial charge in [-0.05, 0) is 51.3 Å². The van der Waals surface area contributed by atoms with Crippen molar-refractivity contribution in [1.29, 1.82) is 0 Å². The van der Waals surface area contributed by atoms with Crippen molar-refractivity contribution in [2.45, 2.75) is 133 Å². The Hall–Kier alpha value is -4.69. The summed E-state index contributed by atoms with van der Waals surface area (Å²) in [5.41, 5.74) is -1.16. The molecule has 4 heterocycles. The third kappa shape index (κ3) is 11.6. The first kappa shape index (κ1) is 50.3. The molecule has 3 fully saturated rings. The minimum atomic E-state index is -1.87. The van der Waals surface area contributed by atoms with Crippen molar-refractivity contribution >= 4 is 70.7 Å². The van der Waals surface area contributed by atoms with E-state index in [1.165, 1.54) is 49.8 Å². The molecule has 0 aliphatic carbocycles. The van der Waals surface area contributed by atoms with E-state index in [0.717, 1.165) is 11.1 Å². The van der Waals surface area contributed by atoms with E-state index in [2.05, 4.69) is 5.32 Å². The SMILES string of the molecule is COc1cc2cc(c1Cl)N(C)C(=O)C[C@H](OC(=O)[C@H](C)N(C)C(=O)CCC(C)(C)SCC(=O)ON1C(=O)CCC1=O)[C@]1(C)O[C@H]1[C@H](C)[C@@H]1C[C@@](O)(NC(=O)O1)[C@H](OC)/C=C/C=C(\C)C2. The molecule has 0 aromatic heterocycles. The van der Waals surface area contributed by atoms with Gasteiger partial charge in [-0.15, -0.1) is 16.8 Å². The summed E-state index contributed by atoms with van der Waals surface area (Å²) in [6, 6.07) is 2.41. The van der Waals surface area contributed by atoms with Crippen LogP contribution in [-0.2, 0) is 59.0 Å². The monoisotopic (exact) mass is 934 g/mol. The number of carbonyl (C=O) groups excluding carboxylic acids is 7. The zero-order valence-electron chi connectivity index (χ0n) is 37.9. The highest BCUT2D eigenvalue weighted by molar-refractivity contribution is 8.01. The van der Waals surface area contributed by atoms with Crippen molar-refractivity contribution in [2.24, 2.45) is 5.92 Å². The molecule has 4 aliphatic rings. The van der Waals surface area contributed by atoms with E-state index in [9.17, 15) is 38.7 Å². The number of rotatable bonds is 12. The fourth-order valence-corrected chi connectivity index (χ4v) is 9.04. The van der Waals surface area contributed by atoms with Crippen molar-refractivity contribution in [1.82, 2.24) is 15.3 Å². The molecule has 0 saturated carbocycles. The maximum absolute atomic E-state index is 14.3. The molecule has 0 spiro atoms. The van der Waals surface area contributed by atoms with Crippen LogP contribution in [0.5, 0.6) is 5.75 Å². The van der Waals surface area contributed by atoms with Crippen molar-refractivity contribution in [3.05, 3.63) is 46.5 Å². The zero-order valence-corrected chi connectivity index (χ0v) is 39.5. The summed E-state index contributed by atoms with van der Waals surface area (Å²) >= 11 is 7.97. The van der Waals surface area contributed by atoms with Gasteiger partial charge in [-0.1, -0.05) is 56.2 Å². The molecule has 8 atom stereocenters. The molecule has 0 unspecified atom stereocenters. The Balaban J connectivity index is 1.36. The smallest absolute Gasteiger partial charge is 0.409 e. The van der Waals surface area contributed by atoms with E-state index in [1.807, 2.05) is 26.8 Å². The molecule has 1 aromatic carbocycles. The molecule has 64 heavy (non-hydrogen) atoms. The summed E-state index contributed by atoms with van der Waals surface area (Å²) in [6.45, 7) is 10.5. The summed E-state index contributed by atoms with van der Waals surface area (Å²) in [7, 11) is 5.88. The second kappa shape index (κ2) is 20.2. The molecule has 4 aliphatic heterocycles. The highest BCUT2D eigenvalue weighted by atomic mass is 35.5. The number of nitrogens with one attached hydrogen (secondary N) is 1. The lowest BCUT2D eigenvalue weighted by molar-refractivity contribution is -0.195. The van der Waals surface area contributed by atoms with Crippen LogP contribution in [-0.4, -0.2) is 137 Å². The number of hydrogen-bond donors (Lipinski definition) is 2. The van der Waals surface area contributed by atoms with E-state index in [0.29, 0.717) is 22.9 Å². The topological polar surface area (TPSA) is 220 Å². The number of aliphatic hydroxyl groups is 1. The number of hydroxylamine groups is 2. The molecule has 4 bridgehead atoms. The fraction of sp³-hybridized carbons (Fsp3) is 0.614. The summed E-state index contributed by atoms with van der Waals surface area (Å²) in [5, 5.41) is 15.0. The molecule has 20 heteroatoms. The lowest BCUT2D eigenvalue weighted by Gasteiger charge is -2.42. The zero-order chi connectivity index (χ0) is 47.5. The highest BCUT2D eigenvalue weighted by Crippen LogP contribution is 2.49. The molecular formula is C44H59ClN4O14S. The van der Waals surface area contributed by atoms with Crippen LogP contribution in [0.3, 0.4) is 0 Å². The number of fused-ring (bicyclic) bond motifs is 5. The van der Waals surface area contributed by atoms with Crippen LogP contribution < -0.4 is 15.0 Å². The molecule has 5 rings (SSSR count). The van der Waals surface area contributed by atoms with Crippen molar-refractivity contribution in [2.75, 3.05) is 39.0 Å². The Labute approximate surface area is 382 Å². The average Bonchev–Trinajstić information content (AvgIpc) is 3.85. The number of halogens is 1. The maximum Gasteiger partial charge on any atom is 0.409 e. The number of anilines is 1. The van der Waals surface area contributed by atoms with E-state index in [-0.39, 0.29) is 49.3 Å². The summed E-state index contributed by atoms with van der Waals surface area (Å²) in [4.78, 5) is 98.4. The summed E-state index contributed by atoms with van der Waals surface area (Å²) < 4.78 is 28.7. The van der Waals surface area contributed by atoms with Gasteiger partial charge in [0.05, 0.1) is 31.1 Å². The number of alkyl carbamates (subject to hydrolysis) is 1. The Morgan fingerprint density at radius 3 is 2.44 bits per heavy atom. The Morgan fingerprint density at radius 2 is 1.80 bits per heavy atom. The van der Waals surface area contributed by atoms with Gasteiger partial charge in [0, 0.05) is 57.6 Å². The van der Waals surface area contributed by atoms with Crippen LogP contribution in [0.2, 0.25) is 5.02 Å². The quantitative estimate of drug-likeness (QED) is 0.168. The van der Waals surface area contributed by atoms with Gasteiger partial charge in [-0.2, -0.15) is 0 Å². The highest BCUT2D eigenvalue weighted by Gasteiger charge is 2.64. The number of imide groups is 1. The van der Waals surface area contributed by atoms with Gasteiger partial charge in [0.15, 0.2) is 5.72 Å². The third-order valence-corrected chi connectivity index (χ3v) is 14.0. The summed E-state index contributed by atoms with van der Waals surface area (Å²) in [6.07, 6.45) is 0.656. The molecule has 5 amide bonds. The lowest BCUT2D eigenvalue weighted by atomic mass is 9.83. The van der Waals surface area contributed by atoms with Crippen molar-refractivity contribution in [3.63, 3.8) is 0 Å². The number of hydrogen-bond acceptors (Lipinski definition) is 15. The largest absolute Gasteiger partial charge is 0.495 e. The second-order valence-corrected chi connectivity index (χ2v) is 19.6. The van der Waals surface area contributed by atoms with Crippen LogP contribution in [0.25, 0.3) is 0 Å². The first-order valence-electron chi connectivity index (χ1n) is 21.0. The molecule has 352 valence electrons. The number of amides is 5. The number of epoxide rings is 1. The van der Waals surface area contributed by atoms with E-state index in [1.54, 1.807) is 45.2 Å². The van der Waals surface area contributed by atoms with E-state index < -0.39 is 94.1 Å². The van der Waals surface area contributed by atoms with Gasteiger partial charge < -0.3 is 43.4 Å². The molecule has 2 N–H and O–H groups in total. The average molecular weight is 935 g/mol. The normalized spacial score (nSPS) is 29.4. The first-order chi connectivity index (χ1) is 29.9. The molecule has 0 radical (unpaired) electrons. The van der Waals surface area contributed by atoms with Crippen LogP contribution in [0.1, 0.15) is 85.6 Å². The molecule has 3 saturated heterocycles. The van der Waals surface area contributed by atoms with Gasteiger partial charge in [-0.3, -0.25) is 24.5 Å². The minimum absolute atomic E-state index is 0.0149. The maximum atomic E-state index is 14.3. The fourth-order valence-electron chi connectivity index (χ4n) is 7.91. The van der Waals surface area contributed by atoms with Crippen molar-refractivity contribution in [3.8, 4) is 5.75 Å². The van der Waals surface area contributed by atoms with Crippen LogP contribution in [0.15, 0.2) is 35.9 Å². The summed E-state index contributed by atoms with van der Waals surface area (Å²) in [5.74, 6) is -4.08. The Morgan fingerprint density at radius 1 is 1.12 bits per heavy atom. The number of methoxy groups -OCH3 is 2. The number of carbonyl (C=O) groups is 7. The number of nitrogens with zero attached hydrogens (tertiary/aromatic N) is 3. The van der Waals surface area contributed by atoms with Gasteiger partial charge >= 0.3 is 18.0 Å². The third-order valence-electron chi connectivity index (χ3n) is 12.2. The predicted molar refractivity (Wildman–Crippen MR) is 234 cm³/mol. The minimum Gasteiger partial charge on any atom is -0.495 e. The number of esters is 1. The lowest BCUT2D eigenvalue weighted by Crippen LogP contribution is -2.63. The van der Waals surface area contributed by atoms with Gasteiger partial charge in [0.1, 0.15) is 40.7 Å². The molecule has 18 nitrogen and oxygen atoms in total. The second-order valence-electron chi connectivity index (χ2n) is 17.5. The van der Waals surface area contributed by atoms with Crippen LogP contribution >= 0.6 is 23.4 Å². The first-order valence-corrected chi connectivity index (χ1v) is 22.3. The number of likely N-dealkylation sites (N-methyl/N-ethyl adjacent to an activating group) is 1. The molecule has 1 aromatic rings. The van der Waals surface area contributed by atoms with Gasteiger partial charge in [0.2, 0.25) is 11.8 Å². The van der Waals surface area contributed by atoms with Crippen LogP contribution in [0, 0.1) is 5.92 Å². The Bertz CT molecular complexity index is 2070. The number of benzene rings is 1. The number of thioether (sulfide) groups is 1. The number of ether oxygens (including phenoxy) is 5. The van der Waals surface area contributed by atoms with Gasteiger partial charge in [-0.25, -0.2) is 14.4 Å². The molecular weight excluding hydrogens is 876 g/mol. The Kier molecular flexibility index (Phi) is 15.9. The predicted octanol–water partition coefficient (Wildman–Crippen LogP) is 4.41.